The quantitative estimate of drug-likeness (QED) is 0.775. The van der Waals surface area contributed by atoms with Crippen LogP contribution in [0.3, 0.4) is 0 Å². The summed E-state index contributed by atoms with van der Waals surface area (Å²) < 4.78 is 5.69. The molecule has 5 nitrogen and oxygen atoms in total. The maximum atomic E-state index is 11.3. The summed E-state index contributed by atoms with van der Waals surface area (Å²) in [6.45, 7) is 0.488. The van der Waals surface area contributed by atoms with Crippen LogP contribution in [-0.4, -0.2) is 9.97 Å². The minimum atomic E-state index is -0.521. The molecular formula is C17H14N2O3. The molecule has 0 spiro atoms. The largest absolute Gasteiger partial charge is 0.489 e. The average molecular weight is 294 g/mol. The molecule has 0 aliphatic heterocycles. The van der Waals surface area contributed by atoms with Gasteiger partial charge in [0.15, 0.2) is 0 Å². The van der Waals surface area contributed by atoms with Crippen molar-refractivity contribution in [2.75, 3.05) is 0 Å². The Morgan fingerprint density at radius 3 is 2.27 bits per heavy atom. The van der Waals surface area contributed by atoms with Gasteiger partial charge in [-0.25, -0.2) is 4.79 Å². The maximum absolute atomic E-state index is 11.3. The van der Waals surface area contributed by atoms with E-state index in [0.29, 0.717) is 12.3 Å². The van der Waals surface area contributed by atoms with E-state index in [9.17, 15) is 9.59 Å². The monoisotopic (exact) mass is 294 g/mol. The third-order valence-corrected chi connectivity index (χ3v) is 3.17. The summed E-state index contributed by atoms with van der Waals surface area (Å²) in [6.07, 6.45) is 0. The summed E-state index contributed by atoms with van der Waals surface area (Å²) in [5.41, 5.74) is 1.36. The van der Waals surface area contributed by atoms with Gasteiger partial charge in [-0.2, -0.15) is 0 Å². The number of aromatic amines is 2. The van der Waals surface area contributed by atoms with Gasteiger partial charge in [0.2, 0.25) is 0 Å². The third-order valence-electron chi connectivity index (χ3n) is 3.17. The lowest BCUT2D eigenvalue weighted by Crippen LogP contribution is -2.21. The number of benzene rings is 2. The van der Waals surface area contributed by atoms with E-state index < -0.39 is 11.2 Å². The van der Waals surface area contributed by atoms with Crippen LogP contribution < -0.4 is 16.0 Å². The number of nitrogens with one attached hydrogen (secondary N) is 2. The highest BCUT2D eigenvalue weighted by Gasteiger charge is 2.02. The topological polar surface area (TPSA) is 75.0 Å². The van der Waals surface area contributed by atoms with Gasteiger partial charge < -0.3 is 9.72 Å². The van der Waals surface area contributed by atoms with E-state index in [1.54, 1.807) is 24.3 Å². The second-order valence-electron chi connectivity index (χ2n) is 4.80. The lowest BCUT2D eigenvalue weighted by Gasteiger charge is -2.07. The molecule has 110 valence electrons. The fourth-order valence-corrected chi connectivity index (χ4v) is 2.10. The summed E-state index contributed by atoms with van der Waals surface area (Å²) in [5.74, 6) is 0.722. The van der Waals surface area contributed by atoms with Crippen molar-refractivity contribution in [3.05, 3.63) is 87.1 Å². The van der Waals surface area contributed by atoms with Gasteiger partial charge in [-0.3, -0.25) is 9.78 Å². The van der Waals surface area contributed by atoms with Gasteiger partial charge in [0.05, 0.1) is 5.69 Å². The lowest BCUT2D eigenvalue weighted by atomic mass is 10.1. The van der Waals surface area contributed by atoms with Crippen LogP contribution in [0, 0.1) is 0 Å². The summed E-state index contributed by atoms with van der Waals surface area (Å²) in [5, 5.41) is 0. The van der Waals surface area contributed by atoms with Gasteiger partial charge in [-0.15, -0.1) is 0 Å². The van der Waals surface area contributed by atoms with Crippen LogP contribution in [0.4, 0.5) is 0 Å². The van der Waals surface area contributed by atoms with Crippen LogP contribution in [0.5, 0.6) is 5.75 Å². The third kappa shape index (κ3) is 3.32. The van der Waals surface area contributed by atoms with Gasteiger partial charge in [0.25, 0.3) is 5.56 Å². The average Bonchev–Trinajstić information content (AvgIpc) is 2.53. The van der Waals surface area contributed by atoms with Crippen LogP contribution in [0.2, 0.25) is 0 Å². The zero-order valence-corrected chi connectivity index (χ0v) is 11.7. The zero-order chi connectivity index (χ0) is 15.4. The Hall–Kier alpha value is -3.08. The van der Waals surface area contributed by atoms with Crippen molar-refractivity contribution in [1.82, 2.24) is 9.97 Å². The molecule has 2 N–H and O–H groups in total. The Morgan fingerprint density at radius 2 is 1.59 bits per heavy atom. The summed E-state index contributed by atoms with van der Waals surface area (Å²) in [6, 6.07) is 18.4. The summed E-state index contributed by atoms with van der Waals surface area (Å²) in [7, 11) is 0. The molecule has 1 aromatic heterocycles. The first-order valence-corrected chi connectivity index (χ1v) is 6.81. The number of rotatable bonds is 4. The predicted octanol–water partition coefficient (Wildman–Crippen LogP) is 2.31. The number of hydrogen-bond acceptors (Lipinski definition) is 3. The maximum Gasteiger partial charge on any atom is 0.326 e. The van der Waals surface area contributed by atoms with Gasteiger partial charge in [0.1, 0.15) is 12.4 Å². The highest BCUT2D eigenvalue weighted by molar-refractivity contribution is 5.59. The molecule has 2 aromatic carbocycles. The van der Waals surface area contributed by atoms with E-state index in [0.717, 1.165) is 16.9 Å². The SMILES string of the molecule is O=c1cc(-c2ccc(OCc3ccccc3)cc2)[nH]c(=O)[nH]1. The van der Waals surface area contributed by atoms with Crippen molar-refractivity contribution in [1.29, 1.82) is 0 Å². The molecule has 0 saturated heterocycles. The molecule has 0 saturated carbocycles. The summed E-state index contributed by atoms with van der Waals surface area (Å²) in [4.78, 5) is 27.3. The van der Waals surface area contributed by atoms with E-state index in [4.69, 9.17) is 4.74 Å². The Balaban J connectivity index is 1.75. The van der Waals surface area contributed by atoms with Gasteiger partial charge in [-0.1, -0.05) is 30.3 Å². The summed E-state index contributed by atoms with van der Waals surface area (Å²) >= 11 is 0. The Morgan fingerprint density at radius 1 is 0.864 bits per heavy atom. The molecule has 0 fully saturated rings. The van der Waals surface area contributed by atoms with Crippen molar-refractivity contribution >= 4 is 0 Å². The van der Waals surface area contributed by atoms with E-state index >= 15 is 0 Å². The van der Waals surface area contributed by atoms with Crippen LogP contribution in [-0.2, 0) is 6.61 Å². The Kier molecular flexibility index (Phi) is 3.87. The number of aromatic nitrogens is 2. The lowest BCUT2D eigenvalue weighted by molar-refractivity contribution is 0.306. The van der Waals surface area contributed by atoms with E-state index in [1.165, 1.54) is 6.07 Å². The van der Waals surface area contributed by atoms with Crippen LogP contribution >= 0.6 is 0 Å². The zero-order valence-electron chi connectivity index (χ0n) is 11.7. The van der Waals surface area contributed by atoms with Gasteiger partial charge in [0, 0.05) is 6.07 Å². The standard InChI is InChI=1S/C17H14N2O3/c20-16-10-15(18-17(21)19-16)13-6-8-14(9-7-13)22-11-12-4-2-1-3-5-12/h1-10H,11H2,(H2,18,19,20,21). The minimum Gasteiger partial charge on any atom is -0.489 e. The van der Waals surface area contributed by atoms with Crippen molar-refractivity contribution in [2.45, 2.75) is 6.61 Å². The molecule has 22 heavy (non-hydrogen) atoms. The van der Waals surface area contributed by atoms with Crippen molar-refractivity contribution in [3.63, 3.8) is 0 Å². The molecular weight excluding hydrogens is 280 g/mol. The molecule has 0 unspecified atom stereocenters. The minimum absolute atomic E-state index is 0.428. The van der Waals surface area contributed by atoms with Crippen LogP contribution in [0.1, 0.15) is 5.56 Å². The first-order chi connectivity index (χ1) is 10.7. The van der Waals surface area contributed by atoms with E-state index in [2.05, 4.69) is 9.97 Å². The molecule has 3 rings (SSSR count). The van der Waals surface area contributed by atoms with Gasteiger partial charge >= 0.3 is 5.69 Å². The number of H-pyrrole nitrogens is 2. The molecule has 0 aliphatic rings. The smallest absolute Gasteiger partial charge is 0.326 e. The van der Waals surface area contributed by atoms with E-state index in [1.807, 2.05) is 30.3 Å². The second kappa shape index (κ2) is 6.13. The molecule has 0 radical (unpaired) electrons. The fraction of sp³-hybridized carbons (Fsp3) is 0.0588. The molecule has 3 aromatic rings. The fourth-order valence-electron chi connectivity index (χ4n) is 2.10. The Bertz CT molecular complexity index is 836. The molecule has 0 atom stereocenters. The molecule has 5 heteroatoms. The molecule has 0 bridgehead atoms. The van der Waals surface area contributed by atoms with Crippen LogP contribution in [0.15, 0.2) is 70.3 Å². The van der Waals surface area contributed by atoms with E-state index in [-0.39, 0.29) is 0 Å². The van der Waals surface area contributed by atoms with Crippen molar-refractivity contribution in [3.8, 4) is 17.0 Å². The highest BCUT2D eigenvalue weighted by atomic mass is 16.5. The first-order valence-electron chi connectivity index (χ1n) is 6.81. The van der Waals surface area contributed by atoms with Gasteiger partial charge in [-0.05, 0) is 35.4 Å². The predicted molar refractivity (Wildman–Crippen MR) is 83.9 cm³/mol. The van der Waals surface area contributed by atoms with Crippen molar-refractivity contribution < 1.29 is 4.74 Å². The molecule has 0 aliphatic carbocycles. The van der Waals surface area contributed by atoms with Crippen LogP contribution in [0.25, 0.3) is 11.3 Å². The molecule has 0 amide bonds. The molecule has 1 heterocycles. The normalized spacial score (nSPS) is 10.4. The number of hydrogen-bond donors (Lipinski definition) is 2. The first kappa shape index (κ1) is 13.9. The van der Waals surface area contributed by atoms with Crippen molar-refractivity contribution in [2.24, 2.45) is 0 Å². The Labute approximate surface area is 126 Å². The highest BCUT2D eigenvalue weighted by Crippen LogP contribution is 2.19. The number of ether oxygens (including phenoxy) is 1. The second-order valence-corrected chi connectivity index (χ2v) is 4.80.